The summed E-state index contributed by atoms with van der Waals surface area (Å²) in [5.41, 5.74) is -0.241. The van der Waals surface area contributed by atoms with Crippen LogP contribution >= 0.6 is 46.1 Å². The van der Waals surface area contributed by atoms with Gasteiger partial charge < -0.3 is 15.7 Å². The van der Waals surface area contributed by atoms with Gasteiger partial charge >= 0.3 is 5.56 Å². The predicted octanol–water partition coefficient (Wildman–Crippen LogP) is 3.66. The van der Waals surface area contributed by atoms with Crippen LogP contribution in [0.15, 0.2) is 29.2 Å². The molecule has 2 aromatic heterocycles. The number of aromatic hydroxyl groups is 1. The van der Waals surface area contributed by atoms with Crippen molar-refractivity contribution in [3.63, 3.8) is 0 Å². The summed E-state index contributed by atoms with van der Waals surface area (Å²) in [4.78, 5) is 30.2. The van der Waals surface area contributed by atoms with Crippen LogP contribution in [0.3, 0.4) is 0 Å². The van der Waals surface area contributed by atoms with Crippen LogP contribution in [-0.4, -0.2) is 33.3 Å². The van der Waals surface area contributed by atoms with Gasteiger partial charge in [0.1, 0.15) is 6.54 Å². The lowest BCUT2D eigenvalue weighted by Gasteiger charge is -2.07. The summed E-state index contributed by atoms with van der Waals surface area (Å²) in [5, 5.41) is 15.6. The maximum Gasteiger partial charge on any atom is 0.301 e. The topological polar surface area (TPSA) is 100 Å². The van der Waals surface area contributed by atoms with Crippen LogP contribution in [0.5, 0.6) is 5.75 Å². The third-order valence-corrected chi connectivity index (χ3v) is 5.58. The first-order valence-electron chi connectivity index (χ1n) is 9.56. The van der Waals surface area contributed by atoms with Crippen LogP contribution < -0.4 is 16.2 Å². The molecule has 0 bridgehead atoms. The number of carbonyl (C=O) groups excluding carboxylic acids is 1. The first-order valence-corrected chi connectivity index (χ1v) is 11.9. The van der Waals surface area contributed by atoms with Crippen molar-refractivity contribution in [1.29, 1.82) is 0 Å². The molecule has 0 aliphatic rings. The smallest absolute Gasteiger partial charge is 0.301 e. The van der Waals surface area contributed by atoms with E-state index in [1.165, 1.54) is 22.1 Å². The molecule has 1 amide bonds. The van der Waals surface area contributed by atoms with Crippen molar-refractivity contribution < 1.29 is 15.2 Å². The zero-order valence-electron chi connectivity index (χ0n) is 17.7. The van der Waals surface area contributed by atoms with E-state index in [4.69, 9.17) is 23.2 Å². The van der Waals surface area contributed by atoms with Gasteiger partial charge in [-0.25, -0.2) is 4.98 Å². The number of alkyl halides is 1. The second kappa shape index (κ2) is 13.5. The van der Waals surface area contributed by atoms with Gasteiger partial charge in [0, 0.05) is 19.1 Å². The lowest BCUT2D eigenvalue weighted by molar-refractivity contribution is -0.667. The number of carbonyl (C=O) groups is 1. The normalized spacial score (nSPS) is 10.0. The highest BCUT2D eigenvalue weighted by Crippen LogP contribution is 2.23. The van der Waals surface area contributed by atoms with Crippen molar-refractivity contribution >= 4 is 57.0 Å². The molecule has 0 spiro atoms. The summed E-state index contributed by atoms with van der Waals surface area (Å²) >= 11 is 17.8. The van der Waals surface area contributed by atoms with E-state index < -0.39 is 17.2 Å². The molecule has 0 fully saturated rings. The second-order valence-corrected chi connectivity index (χ2v) is 7.70. The van der Waals surface area contributed by atoms with Gasteiger partial charge in [0.15, 0.2) is 10.7 Å². The molecule has 0 saturated heterocycles. The van der Waals surface area contributed by atoms with Crippen LogP contribution in [0.1, 0.15) is 41.7 Å². The fourth-order valence-electron chi connectivity index (χ4n) is 2.43. The predicted molar refractivity (Wildman–Crippen MR) is 128 cm³/mol. The standard InChI is InChI=1S/C17H16Cl2N4O3S.C2H6.CH3Cl/c1-2-20-7-10-8-23-16(26)14(24)13(22-17(23)27-10)15(25)21-6-9-3-4-11(18)12(19)5-9;2*1-2/h3-5,8,20,24H,2,6-7H2,1H3,(H,21,25);1-2H3;1H3/p+1. The van der Waals surface area contributed by atoms with Crippen molar-refractivity contribution in [3.05, 3.63) is 60.9 Å². The SMILES string of the molecule is CC.CC[NH2+]Cc1cn2c(=O)c(O)c(C(=O)NCc3ccc(Cl)c(Cl)c3)nc2s1.CCl. The Hall–Kier alpha value is -1.84. The number of nitrogens with one attached hydrogen (secondary N) is 1. The van der Waals surface area contributed by atoms with Gasteiger partial charge in [0.05, 0.1) is 21.5 Å². The van der Waals surface area contributed by atoms with E-state index in [1.54, 1.807) is 24.4 Å². The largest absolute Gasteiger partial charge is 0.501 e. The summed E-state index contributed by atoms with van der Waals surface area (Å²) in [6.07, 6.45) is 3.11. The number of quaternary nitrogens is 1. The van der Waals surface area contributed by atoms with Gasteiger partial charge in [-0.1, -0.05) is 54.5 Å². The van der Waals surface area contributed by atoms with Crippen LogP contribution in [0.4, 0.5) is 0 Å². The second-order valence-electron chi connectivity index (χ2n) is 5.80. The number of nitrogens with two attached hydrogens (primary N) is 1. The number of halogens is 3. The van der Waals surface area contributed by atoms with Gasteiger partial charge in [-0.05, 0) is 24.6 Å². The third-order valence-electron chi connectivity index (χ3n) is 3.84. The van der Waals surface area contributed by atoms with Gasteiger partial charge in [-0.3, -0.25) is 14.0 Å². The molecule has 2 heterocycles. The van der Waals surface area contributed by atoms with E-state index in [-0.39, 0.29) is 12.2 Å². The number of benzene rings is 1. The van der Waals surface area contributed by atoms with E-state index in [0.717, 1.165) is 17.0 Å². The molecule has 3 aromatic rings. The number of thiazole rings is 1. The summed E-state index contributed by atoms with van der Waals surface area (Å²) in [5.74, 6) is -1.32. The van der Waals surface area contributed by atoms with Crippen LogP contribution in [0.2, 0.25) is 10.0 Å². The fourth-order valence-corrected chi connectivity index (χ4v) is 3.72. The van der Waals surface area contributed by atoms with Crippen LogP contribution in [0, 0.1) is 0 Å². The Morgan fingerprint density at radius 2 is 1.94 bits per heavy atom. The minimum atomic E-state index is -0.678. The van der Waals surface area contributed by atoms with E-state index in [9.17, 15) is 14.7 Å². The molecular formula is C20H26Cl3N4O3S+. The minimum Gasteiger partial charge on any atom is -0.501 e. The highest BCUT2D eigenvalue weighted by atomic mass is 35.5. The average Bonchev–Trinajstić information content (AvgIpc) is 3.21. The first kappa shape index (κ1) is 27.2. The first-order chi connectivity index (χ1) is 14.9. The van der Waals surface area contributed by atoms with Gasteiger partial charge in [-0.15, -0.1) is 11.6 Å². The van der Waals surface area contributed by atoms with Crippen LogP contribution in [-0.2, 0) is 13.1 Å². The number of amides is 1. The van der Waals surface area contributed by atoms with Gasteiger partial charge in [-0.2, -0.15) is 0 Å². The number of fused-ring (bicyclic) bond motifs is 1. The summed E-state index contributed by atoms with van der Waals surface area (Å²) in [7, 11) is 0. The molecule has 1 aromatic carbocycles. The number of aromatic nitrogens is 2. The molecule has 3 rings (SSSR count). The number of hydrogen-bond acceptors (Lipinski definition) is 5. The molecular weight excluding hydrogens is 483 g/mol. The lowest BCUT2D eigenvalue weighted by Crippen LogP contribution is -2.81. The molecule has 0 unspecified atom stereocenters. The quantitative estimate of drug-likeness (QED) is 0.442. The van der Waals surface area contributed by atoms with Gasteiger partial charge in [0.25, 0.3) is 5.91 Å². The monoisotopic (exact) mass is 507 g/mol. The summed E-state index contributed by atoms with van der Waals surface area (Å²) < 4.78 is 1.26. The van der Waals surface area contributed by atoms with Crippen LogP contribution in [0.25, 0.3) is 4.96 Å². The average molecular weight is 509 g/mol. The molecule has 0 radical (unpaired) electrons. The molecule has 31 heavy (non-hydrogen) atoms. The Morgan fingerprint density at radius 3 is 2.55 bits per heavy atom. The Bertz CT molecular complexity index is 1070. The summed E-state index contributed by atoms with van der Waals surface area (Å²) in [6, 6.07) is 4.97. The molecule has 11 heteroatoms. The third kappa shape index (κ3) is 7.08. The van der Waals surface area contributed by atoms with E-state index >= 15 is 0 Å². The molecule has 7 nitrogen and oxygen atoms in total. The maximum absolute atomic E-state index is 12.4. The Balaban J connectivity index is 0.00000113. The van der Waals surface area contributed by atoms with E-state index in [0.29, 0.717) is 21.6 Å². The molecule has 4 N–H and O–H groups in total. The van der Waals surface area contributed by atoms with E-state index in [2.05, 4.69) is 27.2 Å². The minimum absolute atomic E-state index is 0.150. The van der Waals surface area contributed by atoms with Crippen molar-refractivity contribution in [2.75, 3.05) is 12.9 Å². The lowest BCUT2D eigenvalue weighted by atomic mass is 10.2. The zero-order valence-corrected chi connectivity index (χ0v) is 20.8. The van der Waals surface area contributed by atoms with Crippen molar-refractivity contribution in [2.45, 2.75) is 33.9 Å². The van der Waals surface area contributed by atoms with Crippen molar-refractivity contribution in [1.82, 2.24) is 14.7 Å². The number of hydrogen-bond donors (Lipinski definition) is 3. The Kier molecular flexibility index (Phi) is 11.9. The van der Waals surface area contributed by atoms with Gasteiger partial charge in [0.2, 0.25) is 5.75 Å². The molecule has 170 valence electrons. The highest BCUT2D eigenvalue weighted by Gasteiger charge is 2.20. The van der Waals surface area contributed by atoms with E-state index in [1.807, 2.05) is 20.8 Å². The number of rotatable bonds is 6. The molecule has 0 aliphatic carbocycles. The van der Waals surface area contributed by atoms with Crippen molar-refractivity contribution in [2.24, 2.45) is 0 Å². The highest BCUT2D eigenvalue weighted by molar-refractivity contribution is 7.17. The zero-order chi connectivity index (χ0) is 23.6. The number of nitrogens with zero attached hydrogens (tertiary/aromatic N) is 2. The summed E-state index contributed by atoms with van der Waals surface area (Å²) in [6.45, 7) is 7.78. The molecule has 0 aliphatic heterocycles. The fraction of sp³-hybridized carbons (Fsp3) is 0.350. The van der Waals surface area contributed by atoms with Crippen molar-refractivity contribution in [3.8, 4) is 5.75 Å². The Labute approximate surface area is 200 Å². The Morgan fingerprint density at radius 1 is 1.26 bits per heavy atom. The maximum atomic E-state index is 12.4. The molecule has 0 saturated carbocycles. The molecule has 0 atom stereocenters.